The molecule has 0 bridgehead atoms. The van der Waals surface area contributed by atoms with Crippen molar-refractivity contribution >= 4 is 27.0 Å². The normalized spacial score (nSPS) is 10.9. The minimum absolute atomic E-state index is 0.228. The van der Waals surface area contributed by atoms with Gasteiger partial charge in [-0.1, -0.05) is 6.07 Å². The maximum Gasteiger partial charge on any atom is 0.227 e. The van der Waals surface area contributed by atoms with E-state index in [-0.39, 0.29) is 5.75 Å². The summed E-state index contributed by atoms with van der Waals surface area (Å²) >= 11 is 3.42. The number of aromatic nitrogens is 1. The summed E-state index contributed by atoms with van der Waals surface area (Å²) in [6.07, 6.45) is 0. The molecular formula is C13H8BrNO2. The van der Waals surface area contributed by atoms with Gasteiger partial charge in [0.25, 0.3) is 0 Å². The summed E-state index contributed by atoms with van der Waals surface area (Å²) in [6, 6.07) is 12.5. The number of fused-ring (bicyclic) bond motifs is 1. The lowest BCUT2D eigenvalue weighted by Crippen LogP contribution is -1.75. The second kappa shape index (κ2) is 3.89. The summed E-state index contributed by atoms with van der Waals surface area (Å²) < 4.78 is 6.57. The van der Waals surface area contributed by atoms with E-state index >= 15 is 0 Å². The summed E-state index contributed by atoms with van der Waals surface area (Å²) in [5.74, 6) is 0.776. The smallest absolute Gasteiger partial charge is 0.227 e. The zero-order chi connectivity index (χ0) is 11.8. The van der Waals surface area contributed by atoms with E-state index in [1.54, 1.807) is 24.3 Å². The Morgan fingerprint density at radius 3 is 2.53 bits per heavy atom. The number of halogens is 1. The first-order valence-electron chi connectivity index (χ1n) is 5.08. The second-order valence-corrected chi connectivity index (χ2v) is 4.51. The first-order valence-corrected chi connectivity index (χ1v) is 5.88. The van der Waals surface area contributed by atoms with Crippen LogP contribution in [-0.4, -0.2) is 10.1 Å². The molecule has 0 fully saturated rings. The van der Waals surface area contributed by atoms with Crippen molar-refractivity contribution in [3.63, 3.8) is 0 Å². The van der Waals surface area contributed by atoms with Gasteiger partial charge in [0, 0.05) is 5.56 Å². The maximum atomic E-state index is 9.23. The van der Waals surface area contributed by atoms with Crippen molar-refractivity contribution in [2.45, 2.75) is 0 Å². The number of hydrogen-bond acceptors (Lipinski definition) is 3. The number of phenols is 1. The molecule has 84 valence electrons. The minimum Gasteiger partial charge on any atom is -0.508 e. The second-order valence-electron chi connectivity index (χ2n) is 3.65. The molecule has 1 heterocycles. The molecule has 17 heavy (non-hydrogen) atoms. The van der Waals surface area contributed by atoms with Crippen molar-refractivity contribution in [2.24, 2.45) is 0 Å². The largest absolute Gasteiger partial charge is 0.508 e. The van der Waals surface area contributed by atoms with Crippen LogP contribution in [0.5, 0.6) is 5.75 Å². The lowest BCUT2D eigenvalue weighted by Gasteiger charge is -1.94. The molecule has 1 N–H and O–H groups in total. The molecule has 4 heteroatoms. The topological polar surface area (TPSA) is 46.3 Å². The van der Waals surface area contributed by atoms with Gasteiger partial charge in [-0.05, 0) is 52.3 Å². The van der Waals surface area contributed by atoms with Gasteiger partial charge in [0.2, 0.25) is 5.89 Å². The van der Waals surface area contributed by atoms with Crippen LogP contribution < -0.4 is 0 Å². The molecule has 0 aliphatic rings. The molecule has 0 aliphatic carbocycles. The Morgan fingerprint density at radius 2 is 1.82 bits per heavy atom. The van der Waals surface area contributed by atoms with Crippen LogP contribution >= 0.6 is 15.9 Å². The molecule has 0 atom stereocenters. The fraction of sp³-hybridized carbons (Fsp3) is 0. The maximum absolute atomic E-state index is 9.23. The average molecular weight is 290 g/mol. The summed E-state index contributed by atoms with van der Waals surface area (Å²) in [7, 11) is 0. The molecule has 0 amide bonds. The highest BCUT2D eigenvalue weighted by atomic mass is 79.9. The van der Waals surface area contributed by atoms with Crippen LogP contribution in [0.1, 0.15) is 0 Å². The highest BCUT2D eigenvalue weighted by Gasteiger charge is 2.09. The van der Waals surface area contributed by atoms with E-state index in [9.17, 15) is 5.11 Å². The molecule has 0 unspecified atom stereocenters. The number of oxazole rings is 1. The Bertz CT molecular complexity index is 673. The highest BCUT2D eigenvalue weighted by molar-refractivity contribution is 9.10. The SMILES string of the molecule is Oc1ccc(-c2nc3cccc(Br)c3o2)cc1. The van der Waals surface area contributed by atoms with E-state index in [4.69, 9.17) is 4.42 Å². The highest BCUT2D eigenvalue weighted by Crippen LogP contribution is 2.29. The van der Waals surface area contributed by atoms with E-state index in [2.05, 4.69) is 20.9 Å². The number of benzene rings is 2. The predicted octanol–water partition coefficient (Wildman–Crippen LogP) is 3.96. The standard InChI is InChI=1S/C13H8BrNO2/c14-10-2-1-3-11-12(10)17-13(15-11)8-4-6-9(16)7-5-8/h1-7,16H. The van der Waals surface area contributed by atoms with Crippen molar-refractivity contribution in [2.75, 3.05) is 0 Å². The van der Waals surface area contributed by atoms with E-state index in [1.165, 1.54) is 0 Å². The molecule has 0 aliphatic heterocycles. The van der Waals surface area contributed by atoms with Crippen LogP contribution in [0.4, 0.5) is 0 Å². The third kappa shape index (κ3) is 1.80. The van der Waals surface area contributed by atoms with Crippen LogP contribution in [0, 0.1) is 0 Å². The third-order valence-corrected chi connectivity index (χ3v) is 3.11. The summed E-state index contributed by atoms with van der Waals surface area (Å²) in [5.41, 5.74) is 2.38. The summed E-state index contributed by atoms with van der Waals surface area (Å²) in [5, 5.41) is 9.23. The lowest BCUT2D eigenvalue weighted by molar-refractivity contribution is 0.475. The van der Waals surface area contributed by atoms with Crippen LogP contribution in [0.2, 0.25) is 0 Å². The molecule has 0 radical (unpaired) electrons. The van der Waals surface area contributed by atoms with E-state index < -0.39 is 0 Å². The van der Waals surface area contributed by atoms with Gasteiger partial charge in [0.05, 0.1) is 4.47 Å². The van der Waals surface area contributed by atoms with Crippen LogP contribution in [0.3, 0.4) is 0 Å². The van der Waals surface area contributed by atoms with Gasteiger partial charge < -0.3 is 9.52 Å². The molecule has 0 saturated carbocycles. The molecule has 0 saturated heterocycles. The predicted molar refractivity (Wildman–Crippen MR) is 68.8 cm³/mol. The van der Waals surface area contributed by atoms with Crippen molar-refractivity contribution in [3.05, 3.63) is 46.9 Å². The van der Waals surface area contributed by atoms with Gasteiger partial charge in [0.15, 0.2) is 5.58 Å². The molecule has 3 rings (SSSR count). The summed E-state index contributed by atoms with van der Waals surface area (Å²) in [4.78, 5) is 4.40. The van der Waals surface area contributed by atoms with Gasteiger partial charge in [-0.3, -0.25) is 0 Å². The number of phenolic OH excluding ortho intramolecular Hbond substituents is 1. The van der Waals surface area contributed by atoms with Gasteiger partial charge in [-0.15, -0.1) is 0 Å². The van der Waals surface area contributed by atoms with Gasteiger partial charge in [0.1, 0.15) is 11.3 Å². The monoisotopic (exact) mass is 289 g/mol. The Hall–Kier alpha value is -1.81. The van der Waals surface area contributed by atoms with Crippen molar-refractivity contribution in [1.82, 2.24) is 4.98 Å². The van der Waals surface area contributed by atoms with E-state index in [0.717, 1.165) is 21.1 Å². The molecule has 2 aromatic carbocycles. The Labute approximate surface area is 106 Å². The molecular weight excluding hydrogens is 282 g/mol. The Morgan fingerprint density at radius 1 is 1.06 bits per heavy atom. The first kappa shape index (κ1) is 10.4. The van der Waals surface area contributed by atoms with E-state index in [0.29, 0.717) is 5.89 Å². The van der Waals surface area contributed by atoms with Crippen molar-refractivity contribution < 1.29 is 9.52 Å². The van der Waals surface area contributed by atoms with Crippen LogP contribution in [0.15, 0.2) is 51.4 Å². The Balaban J connectivity index is 2.18. The molecule has 3 aromatic rings. The molecule has 3 nitrogen and oxygen atoms in total. The van der Waals surface area contributed by atoms with Crippen LogP contribution in [-0.2, 0) is 0 Å². The minimum atomic E-state index is 0.228. The zero-order valence-corrected chi connectivity index (χ0v) is 10.3. The van der Waals surface area contributed by atoms with Crippen molar-refractivity contribution in [1.29, 1.82) is 0 Å². The fourth-order valence-electron chi connectivity index (χ4n) is 1.64. The third-order valence-electron chi connectivity index (χ3n) is 2.48. The number of rotatable bonds is 1. The number of nitrogens with zero attached hydrogens (tertiary/aromatic N) is 1. The quantitative estimate of drug-likeness (QED) is 0.737. The fourth-order valence-corrected chi connectivity index (χ4v) is 2.08. The van der Waals surface area contributed by atoms with Crippen LogP contribution in [0.25, 0.3) is 22.6 Å². The zero-order valence-electron chi connectivity index (χ0n) is 8.72. The number of para-hydroxylation sites is 1. The summed E-state index contributed by atoms with van der Waals surface area (Å²) in [6.45, 7) is 0. The molecule has 1 aromatic heterocycles. The average Bonchev–Trinajstić information content (AvgIpc) is 2.75. The van der Waals surface area contributed by atoms with Gasteiger partial charge >= 0.3 is 0 Å². The Kier molecular flexibility index (Phi) is 2.37. The number of hydrogen-bond donors (Lipinski definition) is 1. The van der Waals surface area contributed by atoms with Crippen molar-refractivity contribution in [3.8, 4) is 17.2 Å². The number of aromatic hydroxyl groups is 1. The lowest BCUT2D eigenvalue weighted by atomic mass is 10.2. The van der Waals surface area contributed by atoms with Gasteiger partial charge in [-0.25, -0.2) is 4.98 Å². The van der Waals surface area contributed by atoms with Gasteiger partial charge in [-0.2, -0.15) is 0 Å². The first-order chi connectivity index (χ1) is 8.24. The van der Waals surface area contributed by atoms with E-state index in [1.807, 2.05) is 18.2 Å². The molecule has 0 spiro atoms.